The molecule has 0 aromatic heterocycles. The number of carbonyl (C=O) groups excluding carboxylic acids is 2. The molecule has 0 bridgehead atoms. The van der Waals surface area contributed by atoms with Gasteiger partial charge < -0.3 is 10.1 Å². The Labute approximate surface area is 153 Å². The molecule has 5 heteroatoms. The topological polar surface area (TPSA) is 55.4 Å². The van der Waals surface area contributed by atoms with E-state index in [1.54, 1.807) is 0 Å². The van der Waals surface area contributed by atoms with E-state index in [1.807, 2.05) is 81.4 Å². The highest BCUT2D eigenvalue weighted by molar-refractivity contribution is 8.00. The minimum Gasteiger partial charge on any atom is -0.454 e. The molecule has 2 aromatic carbocycles. The molecule has 0 aliphatic heterocycles. The maximum absolute atomic E-state index is 12.6. The smallest absolute Gasteiger partial charge is 0.324 e. The predicted molar refractivity (Wildman–Crippen MR) is 100 cm³/mol. The summed E-state index contributed by atoms with van der Waals surface area (Å²) < 4.78 is 5.27. The second kappa shape index (κ2) is 8.72. The lowest BCUT2D eigenvalue weighted by molar-refractivity contribution is -0.148. The zero-order chi connectivity index (χ0) is 18.3. The number of nitrogens with one attached hydrogen (secondary N) is 1. The molecule has 0 aliphatic carbocycles. The van der Waals surface area contributed by atoms with Crippen molar-refractivity contribution >= 4 is 23.6 Å². The van der Waals surface area contributed by atoms with Crippen LogP contribution in [0.4, 0.5) is 0 Å². The molecule has 1 atom stereocenters. The average Bonchev–Trinajstić information content (AvgIpc) is 2.58. The van der Waals surface area contributed by atoms with Crippen molar-refractivity contribution in [2.45, 2.75) is 36.5 Å². The largest absolute Gasteiger partial charge is 0.454 e. The third kappa shape index (κ3) is 6.63. The quantitative estimate of drug-likeness (QED) is 0.628. The molecule has 2 aromatic rings. The van der Waals surface area contributed by atoms with Gasteiger partial charge in [0.25, 0.3) is 5.91 Å². The van der Waals surface area contributed by atoms with Gasteiger partial charge in [0.15, 0.2) is 6.61 Å². The summed E-state index contributed by atoms with van der Waals surface area (Å²) in [6, 6.07) is 19.1. The van der Waals surface area contributed by atoms with E-state index in [9.17, 15) is 9.59 Å². The third-order valence-corrected chi connectivity index (χ3v) is 4.42. The van der Waals surface area contributed by atoms with Gasteiger partial charge in [-0.05, 0) is 38.5 Å². The minimum absolute atomic E-state index is 0.283. The van der Waals surface area contributed by atoms with E-state index in [2.05, 4.69) is 5.32 Å². The van der Waals surface area contributed by atoms with Crippen LogP contribution in [0.25, 0.3) is 0 Å². The lowest BCUT2D eigenvalue weighted by Crippen LogP contribution is -2.42. The van der Waals surface area contributed by atoms with E-state index in [0.29, 0.717) is 0 Å². The van der Waals surface area contributed by atoms with Crippen LogP contribution in [-0.4, -0.2) is 24.0 Å². The molecule has 1 N–H and O–H groups in total. The molecule has 0 saturated carbocycles. The van der Waals surface area contributed by atoms with Crippen LogP contribution in [0.2, 0.25) is 0 Å². The summed E-state index contributed by atoms with van der Waals surface area (Å²) >= 11 is 1.41. The van der Waals surface area contributed by atoms with Gasteiger partial charge in [-0.3, -0.25) is 9.59 Å². The molecule has 0 saturated heterocycles. The Kier molecular flexibility index (Phi) is 6.65. The first kappa shape index (κ1) is 19.1. The summed E-state index contributed by atoms with van der Waals surface area (Å²) in [5.41, 5.74) is 0.485. The standard InChI is InChI=1S/C20H23NO3S/c1-20(2,3)21-17(22)14-24-19(23)18(15-10-6-4-7-11-15)25-16-12-8-5-9-13-16/h4-13,18H,14H2,1-3H3,(H,21,22)/t18-/m0/s1. The normalized spacial score (nSPS) is 12.3. The Balaban J connectivity index is 2.07. The maximum Gasteiger partial charge on any atom is 0.324 e. The Morgan fingerprint density at radius 1 is 1.00 bits per heavy atom. The molecular weight excluding hydrogens is 334 g/mol. The van der Waals surface area contributed by atoms with Gasteiger partial charge in [-0.2, -0.15) is 0 Å². The van der Waals surface area contributed by atoms with Gasteiger partial charge in [-0.1, -0.05) is 48.5 Å². The Morgan fingerprint density at radius 3 is 2.12 bits per heavy atom. The fourth-order valence-corrected chi connectivity index (χ4v) is 3.23. The van der Waals surface area contributed by atoms with Gasteiger partial charge in [-0.25, -0.2) is 0 Å². The second-order valence-electron chi connectivity index (χ2n) is 6.63. The van der Waals surface area contributed by atoms with Crippen molar-refractivity contribution in [3.8, 4) is 0 Å². The monoisotopic (exact) mass is 357 g/mol. The van der Waals surface area contributed by atoms with Crippen LogP contribution < -0.4 is 5.32 Å². The van der Waals surface area contributed by atoms with Crippen molar-refractivity contribution in [3.05, 3.63) is 66.2 Å². The Bertz CT molecular complexity index is 696. The van der Waals surface area contributed by atoms with Crippen molar-refractivity contribution in [2.24, 2.45) is 0 Å². The number of thioether (sulfide) groups is 1. The van der Waals surface area contributed by atoms with Gasteiger partial charge in [0.2, 0.25) is 0 Å². The van der Waals surface area contributed by atoms with E-state index in [4.69, 9.17) is 4.74 Å². The number of esters is 1. The predicted octanol–water partition coefficient (Wildman–Crippen LogP) is 3.98. The molecule has 2 rings (SSSR count). The molecule has 0 spiro atoms. The van der Waals surface area contributed by atoms with Crippen LogP contribution in [0.3, 0.4) is 0 Å². The minimum atomic E-state index is -0.522. The molecule has 0 aliphatic rings. The van der Waals surface area contributed by atoms with Crippen molar-refractivity contribution in [2.75, 3.05) is 6.61 Å². The van der Waals surface area contributed by atoms with Crippen LogP contribution in [-0.2, 0) is 14.3 Å². The van der Waals surface area contributed by atoms with Gasteiger partial charge in [0, 0.05) is 10.4 Å². The molecule has 25 heavy (non-hydrogen) atoms. The van der Waals surface area contributed by atoms with Crippen LogP contribution in [0.15, 0.2) is 65.6 Å². The summed E-state index contributed by atoms with van der Waals surface area (Å²) in [6.45, 7) is 5.36. The van der Waals surface area contributed by atoms with Gasteiger partial charge in [-0.15, -0.1) is 11.8 Å². The number of ether oxygens (including phenoxy) is 1. The van der Waals surface area contributed by atoms with Crippen LogP contribution in [0, 0.1) is 0 Å². The summed E-state index contributed by atoms with van der Waals surface area (Å²) in [7, 11) is 0. The zero-order valence-electron chi connectivity index (χ0n) is 14.7. The SMILES string of the molecule is CC(C)(C)NC(=O)COC(=O)[C@@H](Sc1ccccc1)c1ccccc1. The summed E-state index contributed by atoms with van der Waals surface area (Å²) in [4.78, 5) is 25.4. The van der Waals surface area contributed by atoms with Crippen molar-refractivity contribution in [1.82, 2.24) is 5.32 Å². The van der Waals surface area contributed by atoms with Crippen LogP contribution >= 0.6 is 11.8 Å². The highest BCUT2D eigenvalue weighted by atomic mass is 32.2. The molecule has 1 amide bonds. The van der Waals surface area contributed by atoms with Crippen molar-refractivity contribution in [3.63, 3.8) is 0 Å². The zero-order valence-corrected chi connectivity index (χ0v) is 15.5. The molecule has 0 fully saturated rings. The Hall–Kier alpha value is -2.27. The molecule has 132 valence electrons. The van der Waals surface area contributed by atoms with E-state index < -0.39 is 11.2 Å². The molecular formula is C20H23NO3S. The number of carbonyl (C=O) groups is 2. The maximum atomic E-state index is 12.6. The first-order valence-electron chi connectivity index (χ1n) is 8.09. The third-order valence-electron chi connectivity index (χ3n) is 3.17. The molecule has 4 nitrogen and oxygen atoms in total. The van der Waals surface area contributed by atoms with Gasteiger partial charge in [0.1, 0.15) is 5.25 Å². The summed E-state index contributed by atoms with van der Waals surface area (Å²) in [5, 5.41) is 2.26. The lowest BCUT2D eigenvalue weighted by atomic mass is 10.1. The second-order valence-corrected chi connectivity index (χ2v) is 7.81. The molecule has 0 radical (unpaired) electrons. The first-order chi connectivity index (χ1) is 11.8. The van der Waals surface area contributed by atoms with Crippen molar-refractivity contribution in [1.29, 1.82) is 0 Å². The highest BCUT2D eigenvalue weighted by Gasteiger charge is 2.25. The average molecular weight is 357 g/mol. The fourth-order valence-electron chi connectivity index (χ4n) is 2.18. The lowest BCUT2D eigenvalue weighted by Gasteiger charge is -2.21. The number of rotatable bonds is 6. The van der Waals surface area contributed by atoms with Crippen LogP contribution in [0.1, 0.15) is 31.6 Å². The molecule has 0 heterocycles. The fraction of sp³-hybridized carbons (Fsp3) is 0.300. The number of hydrogen-bond acceptors (Lipinski definition) is 4. The first-order valence-corrected chi connectivity index (χ1v) is 8.97. The van der Waals surface area contributed by atoms with E-state index in [0.717, 1.165) is 10.5 Å². The van der Waals surface area contributed by atoms with Gasteiger partial charge in [0.05, 0.1) is 0 Å². The van der Waals surface area contributed by atoms with E-state index >= 15 is 0 Å². The summed E-state index contributed by atoms with van der Waals surface area (Å²) in [5.74, 6) is -0.735. The van der Waals surface area contributed by atoms with E-state index in [1.165, 1.54) is 11.8 Å². The van der Waals surface area contributed by atoms with Gasteiger partial charge >= 0.3 is 5.97 Å². The van der Waals surface area contributed by atoms with Crippen molar-refractivity contribution < 1.29 is 14.3 Å². The summed E-state index contributed by atoms with van der Waals surface area (Å²) in [6.07, 6.45) is 0. The number of amides is 1. The van der Waals surface area contributed by atoms with E-state index in [-0.39, 0.29) is 18.1 Å². The Morgan fingerprint density at radius 2 is 1.56 bits per heavy atom. The number of benzene rings is 2. The molecule has 0 unspecified atom stereocenters. The van der Waals surface area contributed by atoms with Crippen LogP contribution in [0.5, 0.6) is 0 Å². The number of hydrogen-bond donors (Lipinski definition) is 1. The highest BCUT2D eigenvalue weighted by Crippen LogP contribution is 2.36.